The number of piperidine rings is 1. The van der Waals surface area contributed by atoms with Gasteiger partial charge in [-0.1, -0.05) is 24.3 Å². The second-order valence-electron chi connectivity index (χ2n) is 7.80. The number of pyridine rings is 1. The zero-order valence-electron chi connectivity index (χ0n) is 16.2. The Labute approximate surface area is 168 Å². The van der Waals surface area contributed by atoms with E-state index in [1.807, 2.05) is 53.1 Å². The number of aliphatic hydroxyl groups is 1. The zero-order valence-corrected chi connectivity index (χ0v) is 16.2. The SMILES string of the molecule is O=c1[nH]c2ccccc2n1C1CCN(C(O)Cc2ccc3ncccc3c2)CC1. The second-order valence-corrected chi connectivity index (χ2v) is 7.80. The lowest BCUT2D eigenvalue weighted by molar-refractivity contribution is -0.0146. The number of hydrogen-bond donors (Lipinski definition) is 2. The fraction of sp³-hybridized carbons (Fsp3) is 0.304. The number of para-hydroxylation sites is 2. The highest BCUT2D eigenvalue weighted by Gasteiger charge is 2.26. The molecule has 1 atom stereocenters. The zero-order chi connectivity index (χ0) is 19.8. The predicted octanol–water partition coefficient (Wildman–Crippen LogP) is 3.08. The summed E-state index contributed by atoms with van der Waals surface area (Å²) in [7, 11) is 0. The van der Waals surface area contributed by atoms with Crippen molar-refractivity contribution in [1.82, 2.24) is 19.4 Å². The van der Waals surface area contributed by atoms with E-state index in [0.717, 1.165) is 53.4 Å². The van der Waals surface area contributed by atoms with Crippen LogP contribution in [0.15, 0.2) is 65.6 Å². The molecule has 1 fully saturated rings. The van der Waals surface area contributed by atoms with Gasteiger partial charge in [0.2, 0.25) is 0 Å². The topological polar surface area (TPSA) is 74.2 Å². The van der Waals surface area contributed by atoms with Crippen molar-refractivity contribution in [3.8, 4) is 0 Å². The molecule has 0 saturated carbocycles. The van der Waals surface area contributed by atoms with Gasteiger partial charge in [0.1, 0.15) is 6.23 Å². The van der Waals surface area contributed by atoms with Crippen LogP contribution in [0.2, 0.25) is 0 Å². The number of fused-ring (bicyclic) bond motifs is 2. The highest BCUT2D eigenvalue weighted by molar-refractivity contribution is 5.79. The smallest absolute Gasteiger partial charge is 0.326 e. The summed E-state index contributed by atoms with van der Waals surface area (Å²) in [5.41, 5.74) is 3.87. The van der Waals surface area contributed by atoms with Crippen molar-refractivity contribution in [1.29, 1.82) is 0 Å². The van der Waals surface area contributed by atoms with Gasteiger partial charge in [-0.15, -0.1) is 0 Å². The first-order chi connectivity index (χ1) is 14.2. The van der Waals surface area contributed by atoms with Gasteiger partial charge >= 0.3 is 5.69 Å². The molecule has 0 amide bonds. The molecular formula is C23H24N4O2. The predicted molar refractivity (Wildman–Crippen MR) is 114 cm³/mol. The maximum atomic E-state index is 12.4. The average Bonchev–Trinajstić information content (AvgIpc) is 3.09. The summed E-state index contributed by atoms with van der Waals surface area (Å²) in [6.07, 6.45) is 3.55. The molecule has 1 unspecified atom stereocenters. The van der Waals surface area contributed by atoms with Crippen molar-refractivity contribution >= 4 is 21.9 Å². The number of rotatable bonds is 4. The minimum absolute atomic E-state index is 0.0463. The van der Waals surface area contributed by atoms with E-state index in [2.05, 4.69) is 20.9 Å². The fourth-order valence-corrected chi connectivity index (χ4v) is 4.47. The van der Waals surface area contributed by atoms with Crippen LogP contribution in [0.25, 0.3) is 21.9 Å². The van der Waals surface area contributed by atoms with Crippen LogP contribution >= 0.6 is 0 Å². The Morgan fingerprint density at radius 3 is 2.79 bits per heavy atom. The summed E-state index contributed by atoms with van der Waals surface area (Å²) in [6.45, 7) is 1.54. The number of aromatic amines is 1. The van der Waals surface area contributed by atoms with Crippen LogP contribution in [0.1, 0.15) is 24.4 Å². The number of hydrogen-bond acceptors (Lipinski definition) is 4. The Kier molecular flexibility index (Phi) is 4.66. The maximum absolute atomic E-state index is 12.4. The van der Waals surface area contributed by atoms with Crippen molar-refractivity contribution in [3.05, 3.63) is 76.8 Å². The molecule has 0 radical (unpaired) electrons. The molecule has 1 saturated heterocycles. The van der Waals surface area contributed by atoms with Gasteiger partial charge in [-0.3, -0.25) is 14.5 Å². The number of H-pyrrole nitrogens is 1. The van der Waals surface area contributed by atoms with Gasteiger partial charge in [0, 0.05) is 37.1 Å². The van der Waals surface area contributed by atoms with Crippen molar-refractivity contribution in [3.63, 3.8) is 0 Å². The highest BCUT2D eigenvalue weighted by atomic mass is 16.3. The molecule has 148 valence electrons. The number of aromatic nitrogens is 3. The van der Waals surface area contributed by atoms with E-state index in [0.29, 0.717) is 6.42 Å². The van der Waals surface area contributed by atoms with Gasteiger partial charge < -0.3 is 10.1 Å². The summed E-state index contributed by atoms with van der Waals surface area (Å²) >= 11 is 0. The third-order valence-electron chi connectivity index (χ3n) is 6.00. The molecule has 3 heterocycles. The molecule has 6 heteroatoms. The Morgan fingerprint density at radius 2 is 1.93 bits per heavy atom. The molecule has 4 aromatic rings. The second kappa shape index (κ2) is 7.46. The average molecular weight is 388 g/mol. The van der Waals surface area contributed by atoms with E-state index in [9.17, 15) is 9.90 Å². The van der Waals surface area contributed by atoms with E-state index in [-0.39, 0.29) is 11.7 Å². The van der Waals surface area contributed by atoms with Gasteiger partial charge in [0.15, 0.2) is 0 Å². The number of imidazole rings is 1. The molecule has 6 nitrogen and oxygen atoms in total. The summed E-state index contributed by atoms with van der Waals surface area (Å²) in [4.78, 5) is 21.9. The normalized spacial score (nSPS) is 17.1. The first-order valence-electron chi connectivity index (χ1n) is 10.1. The number of nitrogens with one attached hydrogen (secondary N) is 1. The van der Waals surface area contributed by atoms with Crippen molar-refractivity contribution in [2.45, 2.75) is 31.5 Å². The van der Waals surface area contributed by atoms with Crippen LogP contribution in [0.5, 0.6) is 0 Å². The van der Waals surface area contributed by atoms with Crippen molar-refractivity contribution in [2.75, 3.05) is 13.1 Å². The van der Waals surface area contributed by atoms with Gasteiger partial charge in [0.05, 0.1) is 16.6 Å². The lowest BCUT2D eigenvalue weighted by Crippen LogP contribution is -2.43. The monoisotopic (exact) mass is 388 g/mol. The van der Waals surface area contributed by atoms with Crippen LogP contribution in [-0.4, -0.2) is 43.9 Å². The Hall–Kier alpha value is -2.96. The largest absolute Gasteiger partial charge is 0.378 e. The lowest BCUT2D eigenvalue weighted by Gasteiger charge is -2.35. The number of likely N-dealkylation sites (tertiary alicyclic amines) is 1. The molecule has 2 aromatic carbocycles. The molecule has 2 N–H and O–H groups in total. The third-order valence-corrected chi connectivity index (χ3v) is 6.00. The lowest BCUT2D eigenvalue weighted by atomic mass is 10.0. The maximum Gasteiger partial charge on any atom is 0.326 e. The molecule has 2 aromatic heterocycles. The van der Waals surface area contributed by atoms with E-state index in [4.69, 9.17) is 0 Å². The minimum Gasteiger partial charge on any atom is -0.378 e. The van der Waals surface area contributed by atoms with Crippen LogP contribution < -0.4 is 5.69 Å². The molecule has 0 aliphatic carbocycles. The summed E-state index contributed by atoms with van der Waals surface area (Å²) in [5.74, 6) is 0. The first kappa shape index (κ1) is 18.1. The Morgan fingerprint density at radius 1 is 1.10 bits per heavy atom. The summed E-state index contributed by atoms with van der Waals surface area (Å²) in [5, 5.41) is 11.9. The Bertz CT molecular complexity index is 1200. The van der Waals surface area contributed by atoms with E-state index in [1.165, 1.54) is 0 Å². The fourth-order valence-electron chi connectivity index (χ4n) is 4.47. The van der Waals surface area contributed by atoms with E-state index < -0.39 is 6.23 Å². The summed E-state index contributed by atoms with van der Waals surface area (Å²) < 4.78 is 1.88. The van der Waals surface area contributed by atoms with Crippen LogP contribution in [0.4, 0.5) is 0 Å². The van der Waals surface area contributed by atoms with Crippen LogP contribution in [0.3, 0.4) is 0 Å². The van der Waals surface area contributed by atoms with Gasteiger partial charge in [-0.05, 0) is 48.7 Å². The molecular weight excluding hydrogens is 364 g/mol. The van der Waals surface area contributed by atoms with E-state index in [1.54, 1.807) is 6.20 Å². The highest BCUT2D eigenvalue weighted by Crippen LogP contribution is 2.26. The quantitative estimate of drug-likeness (QED) is 0.563. The molecule has 1 aliphatic rings. The standard InChI is InChI=1S/C23H24N4O2/c28-22(15-16-7-8-19-17(14-16)4-3-11-24-19)26-12-9-18(10-13-26)27-21-6-2-1-5-20(21)25-23(27)29/h1-8,11,14,18,22,28H,9-10,12-13,15H2,(H,25,29). The van der Waals surface area contributed by atoms with Gasteiger partial charge in [-0.2, -0.15) is 0 Å². The molecule has 5 rings (SSSR count). The van der Waals surface area contributed by atoms with Gasteiger partial charge in [0.25, 0.3) is 0 Å². The van der Waals surface area contributed by atoms with Gasteiger partial charge in [-0.25, -0.2) is 4.79 Å². The third kappa shape index (κ3) is 3.45. The number of nitrogens with zero attached hydrogens (tertiary/aromatic N) is 3. The minimum atomic E-state index is -0.523. The molecule has 29 heavy (non-hydrogen) atoms. The van der Waals surface area contributed by atoms with Crippen molar-refractivity contribution in [2.24, 2.45) is 0 Å². The number of aliphatic hydroxyl groups excluding tert-OH is 1. The van der Waals surface area contributed by atoms with E-state index >= 15 is 0 Å². The molecule has 0 spiro atoms. The molecule has 1 aliphatic heterocycles. The van der Waals surface area contributed by atoms with Crippen LogP contribution in [-0.2, 0) is 6.42 Å². The Balaban J connectivity index is 1.27. The van der Waals surface area contributed by atoms with Crippen LogP contribution in [0, 0.1) is 0 Å². The molecule has 0 bridgehead atoms. The summed E-state index contributed by atoms with van der Waals surface area (Å²) in [6, 6.07) is 18.1. The van der Waals surface area contributed by atoms with Crippen molar-refractivity contribution < 1.29 is 5.11 Å². The number of benzene rings is 2. The first-order valence-corrected chi connectivity index (χ1v) is 10.1.